The van der Waals surface area contributed by atoms with Crippen LogP contribution in [0.1, 0.15) is 51.8 Å². The predicted octanol–water partition coefficient (Wildman–Crippen LogP) is 3.36. The topological polar surface area (TPSA) is 72.5 Å². The smallest absolute Gasteiger partial charge is 0.408 e. The molecule has 5 heteroatoms. The Morgan fingerprint density at radius 3 is 1.87 bits per heavy atom. The molecule has 126 valence electrons. The number of ether oxygens (including phenoxy) is 1. The molecule has 0 fully saturated rings. The minimum atomic E-state index is -0.940. The van der Waals surface area contributed by atoms with Gasteiger partial charge in [-0.15, -0.1) is 0 Å². The standard InChI is InChI=1S/C18H25NO4/c1-11-7-9-14(10-8-11)16(15(12(2)20)13(3)21)19-17(22)23-18(4,5)6/h7-10,15-16H,1-6H3,(H,19,22)/t16-/m0/s1. The molecular formula is C18H25NO4. The van der Waals surface area contributed by atoms with Gasteiger partial charge in [-0.2, -0.15) is 0 Å². The molecule has 1 N–H and O–H groups in total. The Balaban J connectivity index is 3.15. The molecule has 0 aliphatic rings. The highest BCUT2D eigenvalue weighted by Gasteiger charge is 2.33. The normalized spacial score (nSPS) is 12.7. The number of alkyl carbamates (subject to hydrolysis) is 1. The molecule has 0 heterocycles. The van der Waals surface area contributed by atoms with E-state index in [9.17, 15) is 14.4 Å². The summed E-state index contributed by atoms with van der Waals surface area (Å²) in [7, 11) is 0. The van der Waals surface area contributed by atoms with E-state index in [1.807, 2.05) is 19.1 Å². The maximum absolute atomic E-state index is 12.1. The fourth-order valence-corrected chi connectivity index (χ4v) is 2.32. The fraction of sp³-hybridized carbons (Fsp3) is 0.500. The third kappa shape index (κ3) is 5.85. The highest BCUT2D eigenvalue weighted by atomic mass is 16.6. The highest BCUT2D eigenvalue weighted by molar-refractivity contribution is 6.01. The summed E-state index contributed by atoms with van der Waals surface area (Å²) in [5.41, 5.74) is 1.08. The summed E-state index contributed by atoms with van der Waals surface area (Å²) < 4.78 is 5.25. The van der Waals surface area contributed by atoms with Gasteiger partial charge < -0.3 is 10.1 Å². The maximum atomic E-state index is 12.1. The molecule has 0 aliphatic carbocycles. The second kappa shape index (κ2) is 7.40. The number of Topliss-reactive ketones (excluding diaryl/α,β-unsaturated/α-hetero) is 2. The zero-order chi connectivity index (χ0) is 17.8. The second-order valence-electron chi connectivity index (χ2n) is 6.73. The van der Waals surface area contributed by atoms with Crippen LogP contribution in [-0.4, -0.2) is 23.3 Å². The molecule has 0 spiro atoms. The van der Waals surface area contributed by atoms with Crippen molar-refractivity contribution >= 4 is 17.7 Å². The van der Waals surface area contributed by atoms with Crippen LogP contribution in [0, 0.1) is 12.8 Å². The SMILES string of the molecule is CC(=O)C(C(C)=O)[C@@H](NC(=O)OC(C)(C)C)c1ccc(C)cc1. The van der Waals surface area contributed by atoms with Crippen LogP contribution >= 0.6 is 0 Å². The molecule has 0 bridgehead atoms. The van der Waals surface area contributed by atoms with Crippen molar-refractivity contribution in [1.82, 2.24) is 5.32 Å². The minimum absolute atomic E-state index is 0.292. The fourth-order valence-electron chi connectivity index (χ4n) is 2.32. The number of carbonyl (C=O) groups is 3. The number of aryl methyl sites for hydroxylation is 1. The first-order chi connectivity index (χ1) is 10.5. The molecule has 0 aromatic heterocycles. The van der Waals surface area contributed by atoms with Gasteiger partial charge in [-0.05, 0) is 47.1 Å². The average Bonchev–Trinajstić information content (AvgIpc) is 2.35. The van der Waals surface area contributed by atoms with Crippen LogP contribution in [0.2, 0.25) is 0 Å². The summed E-state index contributed by atoms with van der Waals surface area (Å²) in [6, 6.07) is 6.60. The van der Waals surface area contributed by atoms with Gasteiger partial charge in [0.15, 0.2) is 0 Å². The van der Waals surface area contributed by atoms with Gasteiger partial charge in [-0.25, -0.2) is 4.79 Å². The van der Waals surface area contributed by atoms with Crippen LogP contribution in [0.5, 0.6) is 0 Å². The lowest BCUT2D eigenvalue weighted by molar-refractivity contribution is -0.131. The Bertz CT molecular complexity index is 570. The van der Waals surface area contributed by atoms with Gasteiger partial charge >= 0.3 is 6.09 Å². The van der Waals surface area contributed by atoms with Crippen LogP contribution < -0.4 is 5.32 Å². The first-order valence-electron chi connectivity index (χ1n) is 7.58. The van der Waals surface area contributed by atoms with Crippen molar-refractivity contribution < 1.29 is 19.1 Å². The number of carbonyl (C=O) groups excluding carboxylic acids is 3. The lowest BCUT2D eigenvalue weighted by Gasteiger charge is -2.27. The number of benzene rings is 1. The lowest BCUT2D eigenvalue weighted by atomic mass is 9.87. The molecule has 5 nitrogen and oxygen atoms in total. The van der Waals surface area contributed by atoms with Crippen molar-refractivity contribution in [1.29, 1.82) is 0 Å². The third-order valence-corrected chi connectivity index (χ3v) is 3.32. The predicted molar refractivity (Wildman–Crippen MR) is 88.1 cm³/mol. The van der Waals surface area contributed by atoms with E-state index in [2.05, 4.69) is 5.32 Å². The monoisotopic (exact) mass is 319 g/mol. The summed E-state index contributed by atoms with van der Waals surface area (Å²) in [6.07, 6.45) is -0.657. The molecule has 1 amide bonds. The van der Waals surface area contributed by atoms with Crippen molar-refractivity contribution in [2.75, 3.05) is 0 Å². The van der Waals surface area contributed by atoms with Crippen LogP contribution in [0.3, 0.4) is 0 Å². The largest absolute Gasteiger partial charge is 0.444 e. The zero-order valence-electron chi connectivity index (χ0n) is 14.6. The Morgan fingerprint density at radius 1 is 1.00 bits per heavy atom. The number of hydrogen-bond donors (Lipinski definition) is 1. The molecular weight excluding hydrogens is 294 g/mol. The number of ketones is 2. The quantitative estimate of drug-likeness (QED) is 0.845. The van der Waals surface area contributed by atoms with Crippen LogP contribution in [-0.2, 0) is 14.3 Å². The van der Waals surface area contributed by atoms with Crippen LogP contribution in [0.25, 0.3) is 0 Å². The van der Waals surface area contributed by atoms with Crippen molar-refractivity contribution in [3.05, 3.63) is 35.4 Å². The Hall–Kier alpha value is -2.17. The Morgan fingerprint density at radius 2 is 1.48 bits per heavy atom. The first kappa shape index (κ1) is 18.9. The molecule has 0 saturated heterocycles. The van der Waals surface area contributed by atoms with Gasteiger partial charge in [-0.1, -0.05) is 29.8 Å². The second-order valence-corrected chi connectivity index (χ2v) is 6.73. The highest BCUT2D eigenvalue weighted by Crippen LogP contribution is 2.25. The van der Waals surface area contributed by atoms with Gasteiger partial charge in [0.05, 0.1) is 6.04 Å². The van der Waals surface area contributed by atoms with E-state index in [0.29, 0.717) is 5.56 Å². The molecule has 1 aromatic carbocycles. The van der Waals surface area contributed by atoms with Gasteiger partial charge in [0.1, 0.15) is 23.1 Å². The van der Waals surface area contributed by atoms with E-state index in [-0.39, 0.29) is 11.6 Å². The Kier molecular flexibility index (Phi) is 6.07. The molecule has 1 atom stereocenters. The van der Waals surface area contributed by atoms with Gasteiger partial charge in [0, 0.05) is 0 Å². The molecule has 1 rings (SSSR count). The van der Waals surface area contributed by atoms with Crippen molar-refractivity contribution in [2.24, 2.45) is 5.92 Å². The molecule has 0 unspecified atom stereocenters. The Labute approximate surface area is 137 Å². The number of rotatable bonds is 5. The third-order valence-electron chi connectivity index (χ3n) is 3.32. The zero-order valence-corrected chi connectivity index (χ0v) is 14.6. The summed E-state index contributed by atoms with van der Waals surface area (Å²) >= 11 is 0. The van der Waals surface area contributed by atoms with Crippen LogP contribution in [0.4, 0.5) is 4.79 Å². The molecule has 0 radical (unpaired) electrons. The summed E-state index contributed by atoms with van der Waals surface area (Å²) in [4.78, 5) is 35.9. The molecule has 23 heavy (non-hydrogen) atoms. The summed E-state index contributed by atoms with van der Waals surface area (Å²) in [6.45, 7) is 9.89. The van der Waals surface area contributed by atoms with E-state index in [4.69, 9.17) is 4.74 Å². The number of amides is 1. The number of hydrogen-bond acceptors (Lipinski definition) is 4. The minimum Gasteiger partial charge on any atom is -0.444 e. The van der Waals surface area contributed by atoms with E-state index < -0.39 is 23.7 Å². The van der Waals surface area contributed by atoms with Crippen molar-refractivity contribution in [3.63, 3.8) is 0 Å². The van der Waals surface area contributed by atoms with Gasteiger partial charge in [-0.3, -0.25) is 9.59 Å². The molecule has 0 aliphatic heterocycles. The molecule has 0 saturated carbocycles. The lowest BCUT2D eigenvalue weighted by Crippen LogP contribution is -2.41. The van der Waals surface area contributed by atoms with E-state index >= 15 is 0 Å². The van der Waals surface area contributed by atoms with Gasteiger partial charge in [0.2, 0.25) is 0 Å². The summed E-state index contributed by atoms with van der Waals surface area (Å²) in [5, 5.41) is 2.67. The first-order valence-corrected chi connectivity index (χ1v) is 7.58. The van der Waals surface area contributed by atoms with Crippen molar-refractivity contribution in [2.45, 2.75) is 53.2 Å². The number of nitrogens with one attached hydrogen (secondary N) is 1. The van der Waals surface area contributed by atoms with Gasteiger partial charge in [0.25, 0.3) is 0 Å². The van der Waals surface area contributed by atoms with Crippen molar-refractivity contribution in [3.8, 4) is 0 Å². The average molecular weight is 319 g/mol. The van der Waals surface area contributed by atoms with Crippen LogP contribution in [0.15, 0.2) is 24.3 Å². The van der Waals surface area contributed by atoms with E-state index in [0.717, 1.165) is 5.56 Å². The summed E-state index contributed by atoms with van der Waals surface area (Å²) in [5.74, 6) is -1.52. The molecule has 1 aromatic rings. The van der Waals surface area contributed by atoms with E-state index in [1.54, 1.807) is 32.9 Å². The maximum Gasteiger partial charge on any atom is 0.408 e. The van der Waals surface area contributed by atoms with E-state index in [1.165, 1.54) is 13.8 Å².